The monoisotopic (exact) mass is 237 g/mol. The summed E-state index contributed by atoms with van der Waals surface area (Å²) in [5.74, 6) is -0.237. The second-order valence-electron chi connectivity index (χ2n) is 4.21. The van der Waals surface area contributed by atoms with Gasteiger partial charge in [-0.05, 0) is 18.9 Å². The molecule has 1 atom stereocenters. The molecule has 0 saturated carbocycles. The number of carboxylic acid groups (broad SMARTS) is 1. The van der Waals surface area contributed by atoms with Crippen molar-refractivity contribution in [3.05, 3.63) is 23.7 Å². The lowest BCUT2D eigenvalue weighted by molar-refractivity contribution is -0.138. The molecular weight excluding hydrogens is 222 g/mol. The van der Waals surface area contributed by atoms with Crippen molar-refractivity contribution in [2.75, 3.05) is 0 Å². The molecule has 1 aromatic rings. The van der Waals surface area contributed by atoms with Gasteiger partial charge in [-0.15, -0.1) is 0 Å². The van der Waals surface area contributed by atoms with Crippen molar-refractivity contribution in [3.63, 3.8) is 0 Å². The standard InChI is InChI=1S/C12H15NO4/c14-11(4-5-12(15)16)13-9-2-1-3-10-8(9)6-7-17-10/h6-7,9H,1-5H2,(H,13,14)(H,15,16)/t9-/m0/s1. The molecule has 2 N–H and O–H groups in total. The van der Waals surface area contributed by atoms with Crippen LogP contribution in [0.2, 0.25) is 0 Å². The minimum atomic E-state index is -0.951. The topological polar surface area (TPSA) is 79.5 Å². The molecule has 5 nitrogen and oxygen atoms in total. The fraction of sp³-hybridized carbons (Fsp3) is 0.500. The zero-order chi connectivity index (χ0) is 12.3. The van der Waals surface area contributed by atoms with Crippen molar-refractivity contribution in [1.82, 2.24) is 5.32 Å². The van der Waals surface area contributed by atoms with Crippen LogP contribution in [-0.2, 0) is 16.0 Å². The summed E-state index contributed by atoms with van der Waals surface area (Å²) in [5, 5.41) is 11.4. The quantitative estimate of drug-likeness (QED) is 0.834. The third-order valence-corrected chi connectivity index (χ3v) is 2.95. The third kappa shape index (κ3) is 2.87. The average molecular weight is 237 g/mol. The number of carbonyl (C=O) groups excluding carboxylic acids is 1. The number of aryl methyl sites for hydroxylation is 1. The molecule has 0 bridgehead atoms. The number of fused-ring (bicyclic) bond motifs is 1. The summed E-state index contributed by atoms with van der Waals surface area (Å²) in [6.07, 6.45) is 4.29. The SMILES string of the molecule is O=C(O)CCC(=O)N[C@H]1CCCc2occc21. The maximum Gasteiger partial charge on any atom is 0.303 e. The highest BCUT2D eigenvalue weighted by Gasteiger charge is 2.23. The van der Waals surface area contributed by atoms with Crippen LogP contribution in [0.4, 0.5) is 0 Å². The van der Waals surface area contributed by atoms with Gasteiger partial charge in [0.15, 0.2) is 0 Å². The highest BCUT2D eigenvalue weighted by Crippen LogP contribution is 2.30. The summed E-state index contributed by atoms with van der Waals surface area (Å²) in [7, 11) is 0. The minimum Gasteiger partial charge on any atom is -0.481 e. The molecule has 92 valence electrons. The van der Waals surface area contributed by atoms with Crippen LogP contribution < -0.4 is 5.32 Å². The van der Waals surface area contributed by atoms with Crippen molar-refractivity contribution < 1.29 is 19.1 Å². The number of nitrogens with one attached hydrogen (secondary N) is 1. The number of hydrogen-bond donors (Lipinski definition) is 2. The number of amides is 1. The van der Waals surface area contributed by atoms with E-state index in [1.165, 1.54) is 0 Å². The van der Waals surface area contributed by atoms with Crippen LogP contribution in [0.5, 0.6) is 0 Å². The molecule has 0 fully saturated rings. The van der Waals surface area contributed by atoms with E-state index in [-0.39, 0.29) is 24.8 Å². The van der Waals surface area contributed by atoms with Crippen molar-refractivity contribution >= 4 is 11.9 Å². The Balaban J connectivity index is 1.92. The molecule has 0 saturated heterocycles. The lowest BCUT2D eigenvalue weighted by Gasteiger charge is -2.22. The summed E-state index contributed by atoms with van der Waals surface area (Å²) in [6.45, 7) is 0. The van der Waals surface area contributed by atoms with E-state index >= 15 is 0 Å². The lowest BCUT2D eigenvalue weighted by atomic mass is 9.93. The molecule has 0 unspecified atom stereocenters. The van der Waals surface area contributed by atoms with Gasteiger partial charge < -0.3 is 14.8 Å². The first kappa shape index (κ1) is 11.7. The second kappa shape index (κ2) is 5.03. The zero-order valence-corrected chi connectivity index (χ0v) is 9.44. The Morgan fingerprint density at radius 3 is 3.06 bits per heavy atom. The van der Waals surface area contributed by atoms with E-state index in [9.17, 15) is 9.59 Å². The highest BCUT2D eigenvalue weighted by atomic mass is 16.4. The van der Waals surface area contributed by atoms with Gasteiger partial charge in [-0.25, -0.2) is 0 Å². The first-order valence-corrected chi connectivity index (χ1v) is 5.74. The van der Waals surface area contributed by atoms with Crippen molar-refractivity contribution in [3.8, 4) is 0 Å². The first-order chi connectivity index (χ1) is 8.16. The summed E-state index contributed by atoms with van der Waals surface area (Å²) < 4.78 is 5.32. The molecule has 1 aliphatic carbocycles. The van der Waals surface area contributed by atoms with Crippen LogP contribution in [0.15, 0.2) is 16.7 Å². The number of hydrogen-bond acceptors (Lipinski definition) is 3. The van der Waals surface area contributed by atoms with Gasteiger partial charge in [-0.3, -0.25) is 9.59 Å². The molecule has 0 aromatic carbocycles. The Morgan fingerprint density at radius 1 is 1.47 bits per heavy atom. The normalized spacial score (nSPS) is 18.5. The number of carbonyl (C=O) groups is 2. The highest BCUT2D eigenvalue weighted by molar-refractivity contribution is 5.80. The van der Waals surface area contributed by atoms with Gasteiger partial charge in [0.1, 0.15) is 5.76 Å². The fourth-order valence-electron chi connectivity index (χ4n) is 2.12. The summed E-state index contributed by atoms with van der Waals surface area (Å²) >= 11 is 0. The van der Waals surface area contributed by atoms with Crippen LogP contribution in [0.3, 0.4) is 0 Å². The van der Waals surface area contributed by atoms with Crippen LogP contribution in [0.25, 0.3) is 0 Å². The Labute approximate surface area is 98.8 Å². The smallest absolute Gasteiger partial charge is 0.303 e. The van der Waals surface area contributed by atoms with Crippen molar-refractivity contribution in [2.24, 2.45) is 0 Å². The van der Waals surface area contributed by atoms with E-state index in [4.69, 9.17) is 9.52 Å². The third-order valence-electron chi connectivity index (χ3n) is 2.95. The van der Waals surface area contributed by atoms with Crippen molar-refractivity contribution in [1.29, 1.82) is 0 Å². The second-order valence-corrected chi connectivity index (χ2v) is 4.21. The van der Waals surface area contributed by atoms with Crippen LogP contribution in [0, 0.1) is 0 Å². The number of aliphatic carboxylic acids is 1. The predicted molar refractivity (Wildman–Crippen MR) is 59.4 cm³/mol. The van der Waals surface area contributed by atoms with E-state index in [2.05, 4.69) is 5.32 Å². The molecule has 1 heterocycles. The molecular formula is C12H15NO4. The molecule has 1 aliphatic rings. The van der Waals surface area contributed by atoms with E-state index in [1.807, 2.05) is 6.07 Å². The number of carboxylic acids is 1. The molecule has 0 aliphatic heterocycles. The summed E-state index contributed by atoms with van der Waals surface area (Å²) in [6, 6.07) is 1.84. The van der Waals surface area contributed by atoms with E-state index < -0.39 is 5.97 Å². The van der Waals surface area contributed by atoms with Gasteiger partial charge in [0.2, 0.25) is 5.91 Å². The Morgan fingerprint density at radius 2 is 2.29 bits per heavy atom. The lowest BCUT2D eigenvalue weighted by Crippen LogP contribution is -2.30. The summed E-state index contributed by atoms with van der Waals surface area (Å²) in [4.78, 5) is 21.9. The average Bonchev–Trinajstić information content (AvgIpc) is 2.75. The van der Waals surface area contributed by atoms with Gasteiger partial charge >= 0.3 is 5.97 Å². The zero-order valence-electron chi connectivity index (χ0n) is 9.44. The molecule has 1 amide bonds. The van der Waals surface area contributed by atoms with Crippen LogP contribution in [-0.4, -0.2) is 17.0 Å². The fourth-order valence-corrected chi connectivity index (χ4v) is 2.12. The molecule has 5 heteroatoms. The maximum absolute atomic E-state index is 11.5. The van der Waals surface area contributed by atoms with E-state index in [1.54, 1.807) is 6.26 Å². The minimum absolute atomic E-state index is 0.0268. The van der Waals surface area contributed by atoms with E-state index in [0.29, 0.717) is 0 Å². The molecule has 17 heavy (non-hydrogen) atoms. The van der Waals surface area contributed by atoms with Gasteiger partial charge in [0, 0.05) is 18.4 Å². The van der Waals surface area contributed by atoms with E-state index in [0.717, 1.165) is 30.6 Å². The van der Waals surface area contributed by atoms with Gasteiger partial charge in [-0.1, -0.05) is 0 Å². The van der Waals surface area contributed by atoms with Crippen molar-refractivity contribution in [2.45, 2.75) is 38.1 Å². The Hall–Kier alpha value is -1.78. The number of furan rings is 1. The predicted octanol–water partition coefficient (Wildman–Crippen LogP) is 1.64. The molecule has 1 aromatic heterocycles. The van der Waals surface area contributed by atoms with Gasteiger partial charge in [0.25, 0.3) is 0 Å². The molecule has 2 rings (SSSR count). The maximum atomic E-state index is 11.5. The molecule has 0 radical (unpaired) electrons. The largest absolute Gasteiger partial charge is 0.481 e. The van der Waals surface area contributed by atoms with Crippen LogP contribution in [0.1, 0.15) is 43.0 Å². The Bertz CT molecular complexity index is 424. The van der Waals surface area contributed by atoms with Gasteiger partial charge in [0.05, 0.1) is 18.7 Å². The van der Waals surface area contributed by atoms with Gasteiger partial charge in [-0.2, -0.15) is 0 Å². The van der Waals surface area contributed by atoms with Crippen LogP contribution >= 0.6 is 0 Å². The number of rotatable bonds is 4. The molecule has 0 spiro atoms. The Kier molecular flexibility index (Phi) is 3.46. The summed E-state index contributed by atoms with van der Waals surface area (Å²) in [5.41, 5.74) is 1.03. The first-order valence-electron chi connectivity index (χ1n) is 5.74.